The Labute approximate surface area is 116 Å². The van der Waals surface area contributed by atoms with Gasteiger partial charge in [0.15, 0.2) is 4.96 Å². The van der Waals surface area contributed by atoms with E-state index in [2.05, 4.69) is 63.7 Å². The van der Waals surface area contributed by atoms with Gasteiger partial charge in [0.25, 0.3) is 0 Å². The van der Waals surface area contributed by atoms with Gasteiger partial charge in [0.05, 0.1) is 5.69 Å². The number of benzene rings is 1. The van der Waals surface area contributed by atoms with Gasteiger partial charge in [-0.25, -0.2) is 4.98 Å². The highest BCUT2D eigenvalue weighted by Crippen LogP contribution is 2.20. The summed E-state index contributed by atoms with van der Waals surface area (Å²) in [7, 11) is 2.00. The molecule has 0 saturated heterocycles. The first-order valence-corrected chi connectivity index (χ1v) is 7.29. The maximum Gasteiger partial charge on any atom is 0.193 e. The summed E-state index contributed by atoms with van der Waals surface area (Å²) in [4.78, 5) is 5.71. The van der Waals surface area contributed by atoms with Crippen molar-refractivity contribution in [2.45, 2.75) is 19.4 Å². The summed E-state index contributed by atoms with van der Waals surface area (Å²) in [5.74, 6) is 0. The molecule has 98 valence electrons. The van der Waals surface area contributed by atoms with Gasteiger partial charge in [-0.1, -0.05) is 29.8 Å². The highest BCUT2D eigenvalue weighted by Gasteiger charge is 2.12. The minimum absolute atomic E-state index is 0.310. The molecule has 1 N–H and O–H groups in total. The number of thiazole rings is 1. The van der Waals surface area contributed by atoms with Gasteiger partial charge in [-0.05, 0) is 19.5 Å². The van der Waals surface area contributed by atoms with Gasteiger partial charge < -0.3 is 5.32 Å². The van der Waals surface area contributed by atoms with Crippen molar-refractivity contribution in [1.82, 2.24) is 14.7 Å². The molecule has 0 radical (unpaired) electrons. The van der Waals surface area contributed by atoms with Crippen LogP contribution in [0.15, 0.2) is 42.0 Å². The van der Waals surface area contributed by atoms with Gasteiger partial charge >= 0.3 is 0 Å². The lowest BCUT2D eigenvalue weighted by atomic mass is 10.0. The summed E-state index contributed by atoms with van der Waals surface area (Å²) in [6, 6.07) is 9.01. The molecule has 19 heavy (non-hydrogen) atoms. The molecule has 4 heteroatoms. The maximum absolute atomic E-state index is 4.65. The highest BCUT2D eigenvalue weighted by atomic mass is 32.1. The Morgan fingerprint density at radius 2 is 2.11 bits per heavy atom. The summed E-state index contributed by atoms with van der Waals surface area (Å²) in [6.07, 6.45) is 5.08. The molecule has 0 aliphatic heterocycles. The molecule has 0 aliphatic rings. The van der Waals surface area contributed by atoms with Crippen LogP contribution >= 0.6 is 11.3 Å². The topological polar surface area (TPSA) is 29.3 Å². The fourth-order valence-electron chi connectivity index (χ4n) is 2.27. The third kappa shape index (κ3) is 2.55. The number of fused-ring (bicyclic) bond motifs is 1. The molecule has 1 atom stereocenters. The first-order valence-electron chi connectivity index (χ1n) is 6.41. The van der Waals surface area contributed by atoms with E-state index in [1.807, 2.05) is 7.05 Å². The number of aromatic nitrogens is 2. The summed E-state index contributed by atoms with van der Waals surface area (Å²) in [6.45, 7) is 2.11. The number of rotatable bonds is 4. The van der Waals surface area contributed by atoms with Crippen LogP contribution in [0.2, 0.25) is 0 Å². The normalized spacial score (nSPS) is 12.9. The Bertz CT molecular complexity index is 638. The monoisotopic (exact) mass is 271 g/mol. The molecule has 0 bridgehead atoms. The quantitative estimate of drug-likeness (QED) is 0.789. The van der Waals surface area contributed by atoms with Crippen LogP contribution in [0, 0.1) is 6.92 Å². The average Bonchev–Trinajstić information content (AvgIpc) is 2.98. The van der Waals surface area contributed by atoms with Crippen LogP contribution in [-0.4, -0.2) is 16.4 Å². The van der Waals surface area contributed by atoms with E-state index in [4.69, 9.17) is 0 Å². The lowest BCUT2D eigenvalue weighted by Gasteiger charge is -2.15. The maximum atomic E-state index is 4.65. The second kappa shape index (κ2) is 5.15. The van der Waals surface area contributed by atoms with Gasteiger partial charge in [0.1, 0.15) is 0 Å². The molecule has 0 fully saturated rings. The van der Waals surface area contributed by atoms with Crippen molar-refractivity contribution in [1.29, 1.82) is 0 Å². The summed E-state index contributed by atoms with van der Waals surface area (Å²) in [5, 5.41) is 5.43. The van der Waals surface area contributed by atoms with Crippen LogP contribution in [0.5, 0.6) is 0 Å². The van der Waals surface area contributed by atoms with Gasteiger partial charge in [0, 0.05) is 30.2 Å². The number of hydrogen-bond donors (Lipinski definition) is 1. The van der Waals surface area contributed by atoms with Gasteiger partial charge in [0.2, 0.25) is 0 Å². The molecule has 0 amide bonds. The molecule has 0 aliphatic carbocycles. The third-order valence-electron chi connectivity index (χ3n) is 3.38. The van der Waals surface area contributed by atoms with E-state index in [1.54, 1.807) is 11.3 Å². The van der Waals surface area contributed by atoms with E-state index >= 15 is 0 Å². The lowest BCUT2D eigenvalue weighted by molar-refractivity contribution is 0.586. The van der Waals surface area contributed by atoms with Crippen molar-refractivity contribution in [3.05, 3.63) is 58.9 Å². The lowest BCUT2D eigenvalue weighted by Crippen LogP contribution is -2.18. The van der Waals surface area contributed by atoms with Gasteiger partial charge in [-0.15, -0.1) is 11.3 Å². The van der Waals surface area contributed by atoms with E-state index < -0.39 is 0 Å². The number of nitrogens with zero attached hydrogens (tertiary/aromatic N) is 2. The summed E-state index contributed by atoms with van der Waals surface area (Å²) >= 11 is 1.67. The zero-order chi connectivity index (χ0) is 13.2. The van der Waals surface area contributed by atoms with Crippen molar-refractivity contribution in [3.8, 4) is 0 Å². The Balaban J connectivity index is 1.83. The third-order valence-corrected chi connectivity index (χ3v) is 4.16. The first kappa shape index (κ1) is 12.4. The molecule has 2 aromatic heterocycles. The van der Waals surface area contributed by atoms with Crippen LogP contribution in [0.25, 0.3) is 4.96 Å². The molecule has 1 aromatic carbocycles. The van der Waals surface area contributed by atoms with Crippen LogP contribution in [0.3, 0.4) is 0 Å². The summed E-state index contributed by atoms with van der Waals surface area (Å²) < 4.78 is 2.09. The first-order chi connectivity index (χ1) is 9.26. The van der Waals surface area contributed by atoms with Crippen LogP contribution < -0.4 is 5.32 Å². The fraction of sp³-hybridized carbons (Fsp3) is 0.267. The van der Waals surface area contributed by atoms with Crippen molar-refractivity contribution >= 4 is 16.3 Å². The molecule has 0 spiro atoms. The fourth-order valence-corrected chi connectivity index (χ4v) is 2.99. The van der Waals surface area contributed by atoms with Crippen LogP contribution in [0.1, 0.15) is 22.9 Å². The molecule has 3 aromatic rings. The molecular formula is C15H17N3S. The number of aryl methyl sites for hydroxylation is 1. The van der Waals surface area contributed by atoms with Gasteiger partial charge in [-0.2, -0.15) is 0 Å². The van der Waals surface area contributed by atoms with E-state index in [0.29, 0.717) is 6.04 Å². The van der Waals surface area contributed by atoms with Crippen LogP contribution in [-0.2, 0) is 6.42 Å². The Morgan fingerprint density at radius 1 is 1.32 bits per heavy atom. The van der Waals surface area contributed by atoms with Crippen LogP contribution in [0.4, 0.5) is 0 Å². The largest absolute Gasteiger partial charge is 0.313 e. The van der Waals surface area contributed by atoms with Crippen molar-refractivity contribution < 1.29 is 0 Å². The Morgan fingerprint density at radius 3 is 2.79 bits per heavy atom. The molecule has 3 nitrogen and oxygen atoms in total. The minimum Gasteiger partial charge on any atom is -0.313 e. The predicted molar refractivity (Wildman–Crippen MR) is 79.8 cm³/mol. The highest BCUT2D eigenvalue weighted by molar-refractivity contribution is 7.15. The standard InChI is InChI=1S/C15H17N3S/c1-11-3-5-12(6-4-11)14(16-2)9-13-10-18-7-8-19-15(18)17-13/h3-8,10,14,16H,9H2,1-2H3. The zero-order valence-electron chi connectivity index (χ0n) is 11.1. The van der Waals surface area contributed by atoms with Crippen molar-refractivity contribution in [3.63, 3.8) is 0 Å². The Kier molecular flexibility index (Phi) is 3.36. The summed E-state index contributed by atoms with van der Waals surface area (Å²) in [5.41, 5.74) is 3.73. The molecule has 3 rings (SSSR count). The van der Waals surface area contributed by atoms with E-state index in [9.17, 15) is 0 Å². The van der Waals surface area contributed by atoms with Crippen molar-refractivity contribution in [2.24, 2.45) is 0 Å². The number of imidazole rings is 1. The SMILES string of the molecule is CNC(Cc1cn2ccsc2n1)c1ccc(C)cc1. The van der Waals surface area contributed by atoms with E-state index in [-0.39, 0.29) is 0 Å². The minimum atomic E-state index is 0.310. The smallest absolute Gasteiger partial charge is 0.193 e. The zero-order valence-corrected chi connectivity index (χ0v) is 11.9. The van der Waals surface area contributed by atoms with E-state index in [1.165, 1.54) is 11.1 Å². The number of nitrogens with one attached hydrogen (secondary N) is 1. The van der Waals surface area contributed by atoms with E-state index in [0.717, 1.165) is 17.1 Å². The number of hydrogen-bond acceptors (Lipinski definition) is 3. The molecule has 2 heterocycles. The molecule has 1 unspecified atom stereocenters. The Hall–Kier alpha value is -1.65. The van der Waals surface area contributed by atoms with Gasteiger partial charge in [-0.3, -0.25) is 4.40 Å². The predicted octanol–water partition coefficient (Wildman–Crippen LogP) is 3.21. The second-order valence-corrected chi connectivity index (χ2v) is 5.65. The molecular weight excluding hydrogens is 254 g/mol. The average molecular weight is 271 g/mol. The van der Waals surface area contributed by atoms with Crippen molar-refractivity contribution in [2.75, 3.05) is 7.05 Å². The molecule has 0 saturated carbocycles. The second-order valence-electron chi connectivity index (χ2n) is 4.78. The number of likely N-dealkylation sites (N-methyl/N-ethyl adjacent to an activating group) is 1.